The van der Waals surface area contributed by atoms with Gasteiger partial charge in [-0.05, 0) is 37.1 Å². The minimum Gasteiger partial charge on any atom is -0.496 e. The molecule has 0 saturated heterocycles. The standard InChI is InChI=1S/C16H17NO2/c1-4-12-10-17-8-7-13(12)16(18)14-9-11(2)5-6-15(14)19-3/h5-10H,4H2,1-3H3. The van der Waals surface area contributed by atoms with Gasteiger partial charge in [0.05, 0.1) is 12.7 Å². The number of methoxy groups -OCH3 is 1. The van der Waals surface area contributed by atoms with Crippen LogP contribution < -0.4 is 4.74 Å². The first kappa shape index (κ1) is 13.3. The zero-order valence-electron chi connectivity index (χ0n) is 11.4. The molecule has 1 aromatic heterocycles. The molecule has 0 amide bonds. The summed E-state index contributed by atoms with van der Waals surface area (Å²) in [5, 5.41) is 0. The first-order chi connectivity index (χ1) is 9.17. The fraction of sp³-hybridized carbons (Fsp3) is 0.250. The first-order valence-electron chi connectivity index (χ1n) is 6.29. The third-order valence-corrected chi connectivity index (χ3v) is 3.13. The minimum absolute atomic E-state index is 0.0141. The number of carbonyl (C=O) groups is 1. The molecular weight excluding hydrogens is 238 g/mol. The SMILES string of the molecule is CCc1cnccc1C(=O)c1cc(C)ccc1OC. The van der Waals surface area contributed by atoms with E-state index in [1.54, 1.807) is 25.6 Å². The van der Waals surface area contributed by atoms with Crippen LogP contribution in [0.1, 0.15) is 34.0 Å². The van der Waals surface area contributed by atoms with E-state index in [4.69, 9.17) is 4.74 Å². The molecule has 0 aliphatic heterocycles. The minimum atomic E-state index is -0.0141. The van der Waals surface area contributed by atoms with Gasteiger partial charge in [-0.25, -0.2) is 0 Å². The zero-order chi connectivity index (χ0) is 13.8. The van der Waals surface area contributed by atoms with Gasteiger partial charge in [-0.2, -0.15) is 0 Å². The lowest BCUT2D eigenvalue weighted by Gasteiger charge is -2.10. The number of benzene rings is 1. The van der Waals surface area contributed by atoms with Gasteiger partial charge in [-0.3, -0.25) is 9.78 Å². The molecule has 0 atom stereocenters. The number of pyridine rings is 1. The Bertz CT molecular complexity index is 605. The van der Waals surface area contributed by atoms with Crippen LogP contribution in [0.4, 0.5) is 0 Å². The molecular formula is C16H17NO2. The summed E-state index contributed by atoms with van der Waals surface area (Å²) in [6.07, 6.45) is 4.17. The Labute approximate surface area is 113 Å². The van der Waals surface area contributed by atoms with Gasteiger partial charge in [0.2, 0.25) is 0 Å². The van der Waals surface area contributed by atoms with E-state index in [0.29, 0.717) is 16.9 Å². The van der Waals surface area contributed by atoms with E-state index in [-0.39, 0.29) is 5.78 Å². The molecule has 1 aromatic carbocycles. The summed E-state index contributed by atoms with van der Waals surface area (Å²) in [5.41, 5.74) is 3.29. The van der Waals surface area contributed by atoms with Gasteiger partial charge in [0.25, 0.3) is 0 Å². The van der Waals surface area contributed by atoms with Crippen molar-refractivity contribution < 1.29 is 9.53 Å². The number of ketones is 1. The molecule has 3 nitrogen and oxygen atoms in total. The predicted octanol–water partition coefficient (Wildman–Crippen LogP) is 3.19. The van der Waals surface area contributed by atoms with Crippen molar-refractivity contribution in [3.8, 4) is 5.75 Å². The van der Waals surface area contributed by atoms with Gasteiger partial charge in [-0.15, -0.1) is 0 Å². The molecule has 1 heterocycles. The monoisotopic (exact) mass is 255 g/mol. The molecule has 0 bridgehead atoms. The van der Waals surface area contributed by atoms with Crippen LogP contribution in [-0.2, 0) is 6.42 Å². The summed E-state index contributed by atoms with van der Waals surface area (Å²) < 4.78 is 5.28. The molecule has 3 heteroatoms. The van der Waals surface area contributed by atoms with E-state index in [2.05, 4.69) is 4.98 Å². The van der Waals surface area contributed by atoms with Crippen LogP contribution in [-0.4, -0.2) is 17.9 Å². The molecule has 0 spiro atoms. The number of aromatic nitrogens is 1. The second-order valence-electron chi connectivity index (χ2n) is 4.42. The van der Waals surface area contributed by atoms with Crippen LogP contribution in [0.2, 0.25) is 0 Å². The van der Waals surface area contributed by atoms with Gasteiger partial charge >= 0.3 is 0 Å². The average molecular weight is 255 g/mol. The van der Waals surface area contributed by atoms with Crippen molar-refractivity contribution in [2.45, 2.75) is 20.3 Å². The van der Waals surface area contributed by atoms with Crippen molar-refractivity contribution in [1.29, 1.82) is 0 Å². The molecule has 0 radical (unpaired) electrons. The lowest BCUT2D eigenvalue weighted by molar-refractivity contribution is 0.103. The van der Waals surface area contributed by atoms with Crippen LogP contribution in [0.5, 0.6) is 5.75 Å². The van der Waals surface area contributed by atoms with E-state index in [1.165, 1.54) is 0 Å². The molecule has 0 N–H and O–H groups in total. The largest absolute Gasteiger partial charge is 0.496 e. The number of hydrogen-bond acceptors (Lipinski definition) is 3. The van der Waals surface area contributed by atoms with Crippen LogP contribution >= 0.6 is 0 Å². The summed E-state index contributed by atoms with van der Waals surface area (Å²) in [6.45, 7) is 3.98. The topological polar surface area (TPSA) is 39.2 Å². The van der Waals surface area contributed by atoms with Crippen molar-refractivity contribution in [2.24, 2.45) is 0 Å². The van der Waals surface area contributed by atoms with E-state index in [0.717, 1.165) is 17.5 Å². The highest BCUT2D eigenvalue weighted by molar-refractivity contribution is 6.11. The second kappa shape index (κ2) is 5.65. The zero-order valence-corrected chi connectivity index (χ0v) is 11.4. The maximum atomic E-state index is 12.7. The third kappa shape index (κ3) is 2.65. The van der Waals surface area contributed by atoms with Crippen molar-refractivity contribution in [2.75, 3.05) is 7.11 Å². The molecule has 2 aromatic rings. The molecule has 2 rings (SSSR count). The Morgan fingerprint density at radius 3 is 2.74 bits per heavy atom. The number of hydrogen-bond donors (Lipinski definition) is 0. The summed E-state index contributed by atoms with van der Waals surface area (Å²) in [7, 11) is 1.58. The smallest absolute Gasteiger partial charge is 0.197 e. The summed E-state index contributed by atoms with van der Waals surface area (Å²) in [6, 6.07) is 7.39. The predicted molar refractivity (Wildman–Crippen MR) is 74.8 cm³/mol. The van der Waals surface area contributed by atoms with E-state index < -0.39 is 0 Å². The molecule has 0 aliphatic carbocycles. The number of aryl methyl sites for hydroxylation is 2. The van der Waals surface area contributed by atoms with E-state index >= 15 is 0 Å². The van der Waals surface area contributed by atoms with Gasteiger partial charge in [0.1, 0.15) is 5.75 Å². The Morgan fingerprint density at radius 2 is 2.05 bits per heavy atom. The molecule has 0 unspecified atom stereocenters. The number of ether oxygens (including phenoxy) is 1. The van der Waals surface area contributed by atoms with Gasteiger partial charge in [-0.1, -0.05) is 18.6 Å². The van der Waals surface area contributed by atoms with Crippen LogP contribution in [0, 0.1) is 6.92 Å². The normalized spacial score (nSPS) is 10.3. The van der Waals surface area contributed by atoms with Gasteiger partial charge in [0, 0.05) is 18.0 Å². The summed E-state index contributed by atoms with van der Waals surface area (Å²) in [5.74, 6) is 0.592. The Morgan fingerprint density at radius 1 is 1.26 bits per heavy atom. The fourth-order valence-electron chi connectivity index (χ4n) is 2.07. The van der Waals surface area contributed by atoms with Crippen molar-refractivity contribution in [3.63, 3.8) is 0 Å². The van der Waals surface area contributed by atoms with Crippen molar-refractivity contribution in [1.82, 2.24) is 4.98 Å². The van der Waals surface area contributed by atoms with Crippen LogP contribution in [0.3, 0.4) is 0 Å². The summed E-state index contributed by atoms with van der Waals surface area (Å²) in [4.78, 5) is 16.7. The highest BCUT2D eigenvalue weighted by Crippen LogP contribution is 2.24. The molecule has 0 aliphatic rings. The maximum absolute atomic E-state index is 12.7. The third-order valence-electron chi connectivity index (χ3n) is 3.13. The molecule has 19 heavy (non-hydrogen) atoms. The van der Waals surface area contributed by atoms with Gasteiger partial charge < -0.3 is 4.74 Å². The summed E-state index contributed by atoms with van der Waals surface area (Å²) >= 11 is 0. The van der Waals surface area contributed by atoms with Gasteiger partial charge in [0.15, 0.2) is 5.78 Å². The number of rotatable bonds is 4. The highest BCUT2D eigenvalue weighted by Gasteiger charge is 2.17. The Balaban J connectivity index is 2.52. The second-order valence-corrected chi connectivity index (χ2v) is 4.42. The van der Waals surface area contributed by atoms with Crippen LogP contribution in [0.15, 0.2) is 36.7 Å². The Hall–Kier alpha value is -2.16. The van der Waals surface area contributed by atoms with Crippen molar-refractivity contribution in [3.05, 3.63) is 58.9 Å². The molecule has 0 fully saturated rings. The first-order valence-corrected chi connectivity index (χ1v) is 6.29. The lowest BCUT2D eigenvalue weighted by atomic mass is 9.97. The Kier molecular flexibility index (Phi) is 3.95. The van der Waals surface area contributed by atoms with E-state index in [1.807, 2.05) is 32.0 Å². The maximum Gasteiger partial charge on any atom is 0.197 e. The van der Waals surface area contributed by atoms with Crippen molar-refractivity contribution >= 4 is 5.78 Å². The molecule has 0 saturated carbocycles. The lowest BCUT2D eigenvalue weighted by Crippen LogP contribution is -2.07. The quantitative estimate of drug-likeness (QED) is 0.788. The fourth-order valence-corrected chi connectivity index (χ4v) is 2.07. The highest BCUT2D eigenvalue weighted by atomic mass is 16.5. The number of carbonyl (C=O) groups excluding carboxylic acids is 1. The number of nitrogens with zero attached hydrogens (tertiary/aromatic N) is 1. The van der Waals surface area contributed by atoms with Crippen LogP contribution in [0.25, 0.3) is 0 Å². The molecule has 98 valence electrons. The average Bonchev–Trinajstić information content (AvgIpc) is 2.46. The van der Waals surface area contributed by atoms with E-state index in [9.17, 15) is 4.79 Å².